The van der Waals surface area contributed by atoms with Gasteiger partial charge in [-0.2, -0.15) is 5.10 Å². The van der Waals surface area contributed by atoms with Gasteiger partial charge in [0.1, 0.15) is 0 Å². The monoisotopic (exact) mass is 348 g/mol. The van der Waals surface area contributed by atoms with Gasteiger partial charge in [-0.3, -0.25) is 10.00 Å². The van der Waals surface area contributed by atoms with Gasteiger partial charge in [0, 0.05) is 37.4 Å². The maximum absolute atomic E-state index is 12.3. The third-order valence-corrected chi connectivity index (χ3v) is 5.00. The number of thiophene rings is 1. The van der Waals surface area contributed by atoms with Gasteiger partial charge in [-0.1, -0.05) is 0 Å². The molecule has 0 aliphatic carbocycles. The van der Waals surface area contributed by atoms with Crippen LogP contribution in [0.3, 0.4) is 0 Å². The lowest BCUT2D eigenvalue weighted by Gasteiger charge is -2.31. The molecule has 0 bridgehead atoms. The van der Waals surface area contributed by atoms with E-state index >= 15 is 0 Å². The Hall–Kier alpha value is -2.35. The van der Waals surface area contributed by atoms with Gasteiger partial charge < -0.3 is 9.64 Å². The number of hydrogen-bond acceptors (Lipinski definition) is 5. The molecule has 24 heavy (non-hydrogen) atoms. The van der Waals surface area contributed by atoms with Crippen LogP contribution in [0.5, 0.6) is 0 Å². The number of carbonyl (C=O) groups is 2. The quantitative estimate of drug-likeness (QED) is 0.862. The van der Waals surface area contributed by atoms with Crippen LogP contribution in [-0.2, 0) is 11.3 Å². The summed E-state index contributed by atoms with van der Waals surface area (Å²) < 4.78 is 6.61. The molecule has 2 aromatic rings. The van der Waals surface area contributed by atoms with E-state index in [1.165, 1.54) is 18.4 Å². The van der Waals surface area contributed by atoms with E-state index in [-0.39, 0.29) is 6.03 Å². The minimum Gasteiger partial charge on any atom is -0.465 e. The van der Waals surface area contributed by atoms with Crippen LogP contribution in [0.25, 0.3) is 0 Å². The van der Waals surface area contributed by atoms with E-state index in [4.69, 9.17) is 0 Å². The van der Waals surface area contributed by atoms with Crippen molar-refractivity contribution in [2.24, 2.45) is 5.92 Å². The molecule has 3 rings (SSSR count). The summed E-state index contributed by atoms with van der Waals surface area (Å²) in [7, 11) is 1.34. The lowest BCUT2D eigenvalue weighted by atomic mass is 9.97. The molecule has 1 N–H and O–H groups in total. The molecule has 1 saturated heterocycles. The molecule has 0 saturated carbocycles. The summed E-state index contributed by atoms with van der Waals surface area (Å²) in [5.41, 5.74) is 0.454. The van der Waals surface area contributed by atoms with Crippen molar-refractivity contribution >= 4 is 28.3 Å². The zero-order valence-corrected chi connectivity index (χ0v) is 14.3. The number of carbonyl (C=O) groups excluding carboxylic acids is 2. The highest BCUT2D eigenvalue weighted by Crippen LogP contribution is 2.23. The summed E-state index contributed by atoms with van der Waals surface area (Å²) in [6.45, 7) is 2.36. The van der Waals surface area contributed by atoms with Gasteiger partial charge in [-0.25, -0.2) is 9.59 Å². The number of amides is 2. The average Bonchev–Trinajstić information content (AvgIpc) is 3.27. The Morgan fingerprint density at radius 3 is 2.88 bits per heavy atom. The molecule has 1 aliphatic heterocycles. The molecule has 0 aromatic carbocycles. The van der Waals surface area contributed by atoms with Crippen molar-refractivity contribution in [3.63, 3.8) is 0 Å². The topological polar surface area (TPSA) is 76.5 Å². The van der Waals surface area contributed by atoms with Crippen LogP contribution in [0.15, 0.2) is 29.9 Å². The Morgan fingerprint density at radius 1 is 1.42 bits per heavy atom. The second-order valence-electron chi connectivity index (χ2n) is 5.78. The first-order valence-electron chi connectivity index (χ1n) is 7.86. The summed E-state index contributed by atoms with van der Waals surface area (Å²) in [5.74, 6) is 0.146. The lowest BCUT2D eigenvalue weighted by Crippen LogP contribution is -2.41. The number of nitrogens with zero attached hydrogens (tertiary/aromatic N) is 3. The van der Waals surface area contributed by atoms with Crippen LogP contribution >= 0.6 is 11.3 Å². The first-order chi connectivity index (χ1) is 11.7. The number of rotatable bonds is 4. The normalized spacial score (nSPS) is 15.3. The van der Waals surface area contributed by atoms with Gasteiger partial charge in [0.25, 0.3) is 0 Å². The Bertz CT molecular complexity index is 690. The van der Waals surface area contributed by atoms with Crippen molar-refractivity contribution in [3.05, 3.63) is 35.5 Å². The van der Waals surface area contributed by atoms with Gasteiger partial charge in [0.15, 0.2) is 0 Å². The first kappa shape index (κ1) is 16.5. The van der Waals surface area contributed by atoms with E-state index < -0.39 is 5.97 Å². The molecule has 3 heterocycles. The molecule has 128 valence electrons. The first-order valence-corrected chi connectivity index (χ1v) is 8.74. The molecule has 0 atom stereocenters. The number of likely N-dealkylation sites (tertiary alicyclic amines) is 1. The maximum atomic E-state index is 12.3. The molecule has 0 unspecified atom stereocenters. The Kier molecular flexibility index (Phi) is 5.14. The molecular weight excluding hydrogens is 328 g/mol. The van der Waals surface area contributed by atoms with Gasteiger partial charge >= 0.3 is 12.0 Å². The average molecular weight is 348 g/mol. The number of urea groups is 1. The van der Waals surface area contributed by atoms with Crippen molar-refractivity contribution in [3.8, 4) is 0 Å². The highest BCUT2D eigenvalue weighted by Gasteiger charge is 2.23. The van der Waals surface area contributed by atoms with E-state index in [0.717, 1.165) is 32.5 Å². The van der Waals surface area contributed by atoms with Crippen molar-refractivity contribution in [1.29, 1.82) is 0 Å². The molecule has 0 spiro atoms. The van der Waals surface area contributed by atoms with Crippen molar-refractivity contribution < 1.29 is 14.3 Å². The lowest BCUT2D eigenvalue weighted by molar-refractivity contribution is 0.0601. The number of nitrogens with one attached hydrogen (secondary N) is 1. The largest absolute Gasteiger partial charge is 0.465 e. The summed E-state index contributed by atoms with van der Waals surface area (Å²) in [6, 6.07) is 3.44. The van der Waals surface area contributed by atoms with E-state index in [0.29, 0.717) is 16.5 Å². The zero-order chi connectivity index (χ0) is 16.9. The Labute approximate surface area is 144 Å². The fourth-order valence-corrected chi connectivity index (χ4v) is 3.56. The third kappa shape index (κ3) is 3.94. The van der Waals surface area contributed by atoms with Crippen LogP contribution in [0, 0.1) is 5.92 Å². The molecule has 0 radical (unpaired) electrons. The van der Waals surface area contributed by atoms with Gasteiger partial charge in [-0.15, -0.1) is 11.3 Å². The van der Waals surface area contributed by atoms with E-state index in [9.17, 15) is 9.59 Å². The second-order valence-corrected chi connectivity index (χ2v) is 6.69. The molecule has 1 fully saturated rings. The highest BCUT2D eigenvalue weighted by atomic mass is 32.1. The number of esters is 1. The second kappa shape index (κ2) is 7.48. The van der Waals surface area contributed by atoms with Crippen LogP contribution in [-0.4, -0.2) is 46.9 Å². The highest BCUT2D eigenvalue weighted by molar-refractivity contribution is 7.14. The van der Waals surface area contributed by atoms with Crippen molar-refractivity contribution in [2.45, 2.75) is 19.4 Å². The summed E-state index contributed by atoms with van der Waals surface area (Å²) >= 11 is 1.32. The molecule has 8 heteroatoms. The predicted octanol–water partition coefficient (Wildman–Crippen LogP) is 2.68. The number of methoxy groups -OCH3 is 1. The number of anilines is 1. The van der Waals surface area contributed by atoms with Crippen LogP contribution in [0.2, 0.25) is 0 Å². The van der Waals surface area contributed by atoms with E-state index in [1.54, 1.807) is 17.6 Å². The maximum Gasteiger partial charge on any atom is 0.338 e. The van der Waals surface area contributed by atoms with E-state index in [1.807, 2.05) is 21.8 Å². The van der Waals surface area contributed by atoms with Crippen LogP contribution in [0.1, 0.15) is 23.2 Å². The van der Waals surface area contributed by atoms with Crippen LogP contribution < -0.4 is 5.32 Å². The van der Waals surface area contributed by atoms with Crippen molar-refractivity contribution in [1.82, 2.24) is 14.7 Å². The number of hydrogen-bond donors (Lipinski definition) is 1. The molecular formula is C16H20N4O3S. The zero-order valence-electron chi connectivity index (χ0n) is 13.5. The molecule has 1 aliphatic rings. The molecule has 2 aromatic heterocycles. The smallest absolute Gasteiger partial charge is 0.338 e. The standard InChI is InChI=1S/C16H20N4O3S/c1-23-15(21)13-9-14(24-11-13)18-16(22)19-7-3-12(4-8-19)10-20-6-2-5-17-20/h2,5-6,9,11-12H,3-4,7-8,10H2,1H3,(H,18,22). The minimum atomic E-state index is -0.397. The predicted molar refractivity (Wildman–Crippen MR) is 91.2 cm³/mol. The Morgan fingerprint density at radius 2 is 2.21 bits per heavy atom. The summed E-state index contributed by atoms with van der Waals surface area (Å²) in [5, 5.41) is 9.41. The molecule has 2 amide bonds. The SMILES string of the molecule is COC(=O)c1csc(NC(=O)N2CCC(Cn3cccn3)CC2)c1. The number of ether oxygens (including phenoxy) is 1. The van der Waals surface area contributed by atoms with Gasteiger partial charge in [-0.05, 0) is 30.9 Å². The van der Waals surface area contributed by atoms with Crippen LogP contribution in [0.4, 0.5) is 9.80 Å². The van der Waals surface area contributed by atoms with Gasteiger partial charge in [0.2, 0.25) is 0 Å². The fraction of sp³-hybridized carbons (Fsp3) is 0.438. The fourth-order valence-electron chi connectivity index (χ4n) is 2.80. The van der Waals surface area contributed by atoms with Crippen molar-refractivity contribution in [2.75, 3.05) is 25.5 Å². The van der Waals surface area contributed by atoms with Gasteiger partial charge in [0.05, 0.1) is 17.7 Å². The Balaban J connectivity index is 1.48. The number of aromatic nitrogens is 2. The summed E-state index contributed by atoms with van der Waals surface area (Å²) in [4.78, 5) is 25.6. The third-order valence-electron chi connectivity index (χ3n) is 4.16. The number of piperidine rings is 1. The minimum absolute atomic E-state index is 0.120. The summed E-state index contributed by atoms with van der Waals surface area (Å²) in [6.07, 6.45) is 5.68. The molecule has 7 nitrogen and oxygen atoms in total. The van der Waals surface area contributed by atoms with E-state index in [2.05, 4.69) is 15.2 Å².